The standard InChI is InChI=1S/C19H28N6O2.C17H25N7O2.C13H21N3O2.C9H19NO2.C4H3IN2.CH4.ClH/c1-4-27-19(26)9-7-5-6-8-12-25(17-13-20-10-11-21-17)18-15-22-16(14-23-18)24(2)3;1-23(2)14-12-21-16(13-20-14)24(15-11-18-8-9-19-15)10-6-4-3-5-7-17(25)22-26;1-2-18-13(17)7-5-3-4-6-8-15-12-11-14-9-10-16-12;1-2-12-9(11)7-5-3-4-6-8-10;5-4-3-6-1-2-7-4;;/h10-11,13-15H,4-9,12H2,1-3H3;8-9,11-13,26H,3-7,10H2,1-2H3,(H,22,25);9-11H,2-8H2,1H3,(H,15,16);2-8,10H2,1H3;1-3H;1H4;1H. The first-order chi connectivity index (χ1) is 43.8. The molecule has 0 saturated heterocycles. The van der Waals surface area contributed by atoms with Gasteiger partial charge in [0.2, 0.25) is 5.91 Å². The van der Waals surface area contributed by atoms with Gasteiger partial charge in [-0.05, 0) is 101 Å². The van der Waals surface area contributed by atoms with Crippen LogP contribution >= 0.6 is 35.0 Å². The Morgan fingerprint density at radius 1 is 0.446 bits per heavy atom. The van der Waals surface area contributed by atoms with Crippen LogP contribution in [-0.2, 0) is 33.4 Å². The molecule has 6 rings (SSSR count). The first-order valence-corrected chi connectivity index (χ1v) is 31.9. The summed E-state index contributed by atoms with van der Waals surface area (Å²) in [6, 6.07) is 0. The fourth-order valence-electron chi connectivity index (χ4n) is 7.88. The Hall–Kier alpha value is -7.70. The molecule has 6 heterocycles. The van der Waals surface area contributed by atoms with Crippen molar-refractivity contribution in [1.29, 1.82) is 0 Å². The summed E-state index contributed by atoms with van der Waals surface area (Å²) >= 11 is 2.11. The molecule has 0 aliphatic carbocycles. The van der Waals surface area contributed by atoms with Gasteiger partial charge in [-0.25, -0.2) is 45.4 Å². The first kappa shape index (κ1) is 84.3. The van der Waals surface area contributed by atoms with Crippen LogP contribution in [0.1, 0.15) is 157 Å². The van der Waals surface area contributed by atoms with E-state index in [1.165, 1.54) is 0 Å². The Bertz CT molecular complexity index is 2730. The van der Waals surface area contributed by atoms with Gasteiger partial charge in [0, 0.05) is 123 Å². The lowest BCUT2D eigenvalue weighted by atomic mass is 10.1. The molecule has 6 aromatic rings. The number of aromatic nitrogens is 12. The van der Waals surface area contributed by atoms with Gasteiger partial charge in [-0.15, -0.1) is 12.4 Å². The lowest BCUT2D eigenvalue weighted by molar-refractivity contribution is -0.144. The van der Waals surface area contributed by atoms with Crippen LogP contribution in [0.25, 0.3) is 0 Å². The van der Waals surface area contributed by atoms with Crippen LogP contribution in [0.3, 0.4) is 0 Å². The van der Waals surface area contributed by atoms with Crippen LogP contribution in [0.2, 0.25) is 0 Å². The lowest BCUT2D eigenvalue weighted by Gasteiger charge is -2.22. The van der Waals surface area contributed by atoms with Crippen molar-refractivity contribution in [2.24, 2.45) is 5.73 Å². The molecule has 5 N–H and O–H groups in total. The van der Waals surface area contributed by atoms with Gasteiger partial charge in [-0.2, -0.15) is 0 Å². The van der Waals surface area contributed by atoms with E-state index in [1.807, 2.05) is 68.6 Å². The zero-order chi connectivity index (χ0) is 65.7. The molecule has 6 aromatic heterocycles. The van der Waals surface area contributed by atoms with Crippen LogP contribution in [0, 0.1) is 3.70 Å². The number of hydroxylamine groups is 1. The third kappa shape index (κ3) is 41.6. The Balaban J connectivity index is 0.00000119. The highest BCUT2D eigenvalue weighted by atomic mass is 127. The monoisotopic (exact) mass is 1410 g/mol. The van der Waals surface area contributed by atoms with Gasteiger partial charge < -0.3 is 44.9 Å². The van der Waals surface area contributed by atoms with Gasteiger partial charge >= 0.3 is 17.9 Å². The average Bonchev–Trinajstić information content (AvgIpc) is 0.936. The topological polar surface area (TPSA) is 334 Å². The van der Waals surface area contributed by atoms with Crippen LogP contribution in [0.5, 0.6) is 0 Å². The van der Waals surface area contributed by atoms with E-state index in [0.717, 1.165) is 173 Å². The van der Waals surface area contributed by atoms with E-state index < -0.39 is 0 Å². The maximum absolute atomic E-state index is 11.4. The van der Waals surface area contributed by atoms with Gasteiger partial charge in [-0.3, -0.25) is 44.3 Å². The highest BCUT2D eigenvalue weighted by Gasteiger charge is 2.15. The second-order valence-electron chi connectivity index (χ2n) is 20.1. The summed E-state index contributed by atoms with van der Waals surface area (Å²) in [5, 5.41) is 11.7. The summed E-state index contributed by atoms with van der Waals surface area (Å²) in [5.41, 5.74) is 6.98. The number of nitrogens with zero attached hydrogens (tertiary/aromatic N) is 16. The van der Waals surface area contributed by atoms with Gasteiger partial charge in [0.25, 0.3) is 0 Å². The van der Waals surface area contributed by atoms with Crippen molar-refractivity contribution < 1.29 is 38.6 Å². The Labute approximate surface area is 564 Å². The number of rotatable bonds is 37. The predicted molar refractivity (Wildman–Crippen MR) is 371 cm³/mol. The molecule has 0 fully saturated rings. The summed E-state index contributed by atoms with van der Waals surface area (Å²) in [7, 11) is 7.70. The molecule has 29 heteroatoms. The average molecular weight is 1410 g/mol. The molecular weight excluding hydrogens is 1310 g/mol. The van der Waals surface area contributed by atoms with E-state index in [0.29, 0.717) is 45.5 Å². The number of esters is 3. The fourth-order valence-corrected chi connectivity index (χ4v) is 8.21. The molecule has 0 spiro atoms. The van der Waals surface area contributed by atoms with Crippen LogP contribution in [0.4, 0.5) is 40.7 Å². The van der Waals surface area contributed by atoms with Gasteiger partial charge in [-0.1, -0.05) is 58.8 Å². The normalized spacial score (nSPS) is 9.93. The summed E-state index contributed by atoms with van der Waals surface area (Å²) < 4.78 is 15.5. The molecule has 0 aliphatic heterocycles. The van der Waals surface area contributed by atoms with Crippen molar-refractivity contribution >= 4 is 99.5 Å². The SMILES string of the molecule is C.CCOC(=O)CCCCCCN.CCOC(=O)CCCCCCN(c1cnccn1)c1cnc(N(C)C)cn1.CCOC(=O)CCCCCCNc1cnccn1.CN(C)c1cnc(N(CCCCCCC(=O)NO)c2cnccn2)cn1.Cl.Ic1cnccn1. The number of amides is 1. The number of hydrogen-bond donors (Lipinski definition) is 4. The van der Waals surface area contributed by atoms with Gasteiger partial charge in [0.1, 0.15) is 21.2 Å². The molecule has 92 heavy (non-hydrogen) atoms. The largest absolute Gasteiger partial charge is 0.466 e. The lowest BCUT2D eigenvalue weighted by Crippen LogP contribution is -2.22. The van der Waals surface area contributed by atoms with Crippen molar-refractivity contribution in [3.8, 4) is 0 Å². The third-order valence-corrected chi connectivity index (χ3v) is 13.1. The van der Waals surface area contributed by atoms with Crippen molar-refractivity contribution in [2.45, 2.75) is 157 Å². The van der Waals surface area contributed by atoms with Gasteiger partial charge in [0.05, 0.1) is 69.4 Å². The molecule has 0 atom stereocenters. The predicted octanol–water partition coefficient (Wildman–Crippen LogP) is 10.9. The fraction of sp³-hybridized carbons (Fsp3) is 0.556. The molecule has 1 amide bonds. The zero-order valence-corrected chi connectivity index (χ0v) is 57.1. The van der Waals surface area contributed by atoms with Gasteiger partial charge in [0.15, 0.2) is 23.3 Å². The number of ether oxygens (including phenoxy) is 3. The minimum Gasteiger partial charge on any atom is -0.466 e. The number of halogens is 2. The third-order valence-electron chi connectivity index (χ3n) is 12.5. The number of carbonyl (C=O) groups excluding carboxylic acids is 4. The molecular formula is C63H101ClIN19O8. The Morgan fingerprint density at radius 3 is 1.13 bits per heavy atom. The molecule has 510 valence electrons. The van der Waals surface area contributed by atoms with Crippen LogP contribution in [-0.4, -0.2) is 163 Å². The highest BCUT2D eigenvalue weighted by Crippen LogP contribution is 2.24. The van der Waals surface area contributed by atoms with E-state index in [1.54, 1.807) is 105 Å². The number of nitrogens with two attached hydrogens (primary N) is 1. The zero-order valence-electron chi connectivity index (χ0n) is 54.2. The van der Waals surface area contributed by atoms with Crippen molar-refractivity contribution in [3.63, 3.8) is 0 Å². The summed E-state index contributed by atoms with van der Waals surface area (Å²) in [6.07, 6.45) is 44.6. The second-order valence-corrected chi connectivity index (χ2v) is 21.2. The smallest absolute Gasteiger partial charge is 0.305 e. The molecule has 0 aliphatic rings. The quantitative estimate of drug-likeness (QED) is 0.00703. The maximum Gasteiger partial charge on any atom is 0.305 e. The molecule has 0 aromatic carbocycles. The number of carbonyl (C=O) groups is 4. The van der Waals surface area contributed by atoms with E-state index in [4.69, 9.17) is 25.2 Å². The van der Waals surface area contributed by atoms with E-state index in [-0.39, 0.29) is 43.6 Å². The van der Waals surface area contributed by atoms with E-state index >= 15 is 0 Å². The molecule has 0 saturated carbocycles. The van der Waals surface area contributed by atoms with Crippen molar-refractivity contribution in [2.75, 3.05) is 99.1 Å². The van der Waals surface area contributed by atoms with E-state index in [9.17, 15) is 19.2 Å². The van der Waals surface area contributed by atoms with Crippen LogP contribution < -0.4 is 36.1 Å². The van der Waals surface area contributed by atoms with Crippen LogP contribution in [0.15, 0.2) is 99.1 Å². The summed E-state index contributed by atoms with van der Waals surface area (Å²) in [6.45, 7) is 10.0. The molecule has 27 nitrogen and oxygen atoms in total. The molecule has 0 bridgehead atoms. The highest BCUT2D eigenvalue weighted by molar-refractivity contribution is 14.1. The van der Waals surface area contributed by atoms with E-state index in [2.05, 4.69) is 87.7 Å². The van der Waals surface area contributed by atoms with Crippen molar-refractivity contribution in [1.82, 2.24) is 65.3 Å². The number of nitrogens with one attached hydrogen (secondary N) is 2. The summed E-state index contributed by atoms with van der Waals surface area (Å²) in [5.74, 6) is 4.70. The van der Waals surface area contributed by atoms with Crippen molar-refractivity contribution in [3.05, 3.63) is 103 Å². The Morgan fingerprint density at radius 2 is 0.804 bits per heavy atom. The minimum atomic E-state index is -0.345. The second kappa shape index (κ2) is 56.1. The minimum absolute atomic E-state index is 0. The first-order valence-electron chi connectivity index (χ1n) is 30.8. The number of hydrogen-bond acceptors (Lipinski definition) is 26. The number of anilines is 7. The summed E-state index contributed by atoms with van der Waals surface area (Å²) in [4.78, 5) is 103. The molecule has 0 unspecified atom stereocenters. The Kier molecular flexibility index (Phi) is 51.4. The maximum atomic E-state index is 11.4. The number of unbranched alkanes of at least 4 members (excludes halogenated alkanes) is 12. The molecule has 0 radical (unpaired) electrons.